The molecule has 0 fully saturated rings. The number of hydrogen-bond donors (Lipinski definition) is 2. The Labute approximate surface area is 113 Å². The Morgan fingerprint density at radius 2 is 2.15 bits per heavy atom. The van der Waals surface area contributed by atoms with Crippen molar-refractivity contribution in [1.82, 2.24) is 9.78 Å². The fourth-order valence-corrected chi connectivity index (χ4v) is 2.09. The van der Waals surface area contributed by atoms with E-state index >= 15 is 0 Å². The van der Waals surface area contributed by atoms with E-state index in [0.29, 0.717) is 0 Å². The molecule has 1 amide bonds. The van der Waals surface area contributed by atoms with Gasteiger partial charge in [0, 0.05) is 19.3 Å². The minimum absolute atomic E-state index is 0.0376. The maximum Gasteiger partial charge on any atom is 0.335 e. The van der Waals surface area contributed by atoms with Gasteiger partial charge in [-0.25, -0.2) is 18.4 Å². The fraction of sp³-hybridized carbons (Fsp3) is 0.100. The van der Waals surface area contributed by atoms with Crippen LogP contribution in [0.4, 0.5) is 5.82 Å². The second kappa shape index (κ2) is 4.90. The van der Waals surface area contributed by atoms with Gasteiger partial charge in [-0.3, -0.25) is 9.48 Å². The molecule has 2 aromatic heterocycles. The summed E-state index contributed by atoms with van der Waals surface area (Å²) in [4.78, 5) is 22.3. The van der Waals surface area contributed by atoms with Crippen LogP contribution in [0.3, 0.4) is 0 Å². The van der Waals surface area contributed by atoms with Crippen LogP contribution in [0.1, 0.15) is 10.4 Å². The molecule has 0 aliphatic carbocycles. The number of nitrogens with one attached hydrogen (secondary N) is 1. The first-order valence-corrected chi connectivity index (χ1v) is 6.78. The first-order valence-electron chi connectivity index (χ1n) is 5.24. The van der Waals surface area contributed by atoms with Crippen LogP contribution in [0.25, 0.3) is 0 Å². The third-order valence-corrected chi connectivity index (χ3v) is 3.21. The van der Waals surface area contributed by atoms with Gasteiger partial charge in [-0.2, -0.15) is 5.10 Å². The molecule has 20 heavy (non-hydrogen) atoms. The van der Waals surface area contributed by atoms with E-state index in [0.717, 1.165) is 18.5 Å². The number of nitrogens with zero attached hydrogens (tertiary/aromatic N) is 2. The van der Waals surface area contributed by atoms with Crippen LogP contribution in [0.2, 0.25) is 0 Å². The Morgan fingerprint density at radius 3 is 2.70 bits per heavy atom. The number of nitrogens with two attached hydrogens (primary N) is 1. The number of sulfonamides is 1. The molecule has 2 rings (SSSR count). The largest absolute Gasteiger partial charge is 0.430 e. The predicted molar refractivity (Wildman–Crippen MR) is 67.5 cm³/mol. The normalized spacial score (nSPS) is 11.3. The van der Waals surface area contributed by atoms with Gasteiger partial charge >= 0.3 is 5.63 Å². The van der Waals surface area contributed by atoms with Crippen molar-refractivity contribution in [3.8, 4) is 0 Å². The summed E-state index contributed by atoms with van der Waals surface area (Å²) in [5, 5.41) is 11.1. The summed E-state index contributed by atoms with van der Waals surface area (Å²) in [5.41, 5.74) is -0.569. The van der Waals surface area contributed by atoms with Gasteiger partial charge in [-0.15, -0.1) is 0 Å². The highest BCUT2D eigenvalue weighted by Gasteiger charge is 2.20. The lowest BCUT2D eigenvalue weighted by Gasteiger charge is -2.02. The number of hydrogen-bond acceptors (Lipinski definition) is 6. The second-order valence-corrected chi connectivity index (χ2v) is 5.39. The van der Waals surface area contributed by atoms with Gasteiger partial charge in [0.15, 0.2) is 5.82 Å². The van der Waals surface area contributed by atoms with Crippen LogP contribution in [-0.2, 0) is 17.1 Å². The number of carbonyl (C=O) groups is 1. The Bertz CT molecular complexity index is 800. The second-order valence-electron chi connectivity index (χ2n) is 3.86. The summed E-state index contributed by atoms with van der Waals surface area (Å²) in [6.07, 6.45) is 2.12. The zero-order chi connectivity index (χ0) is 14.9. The van der Waals surface area contributed by atoms with E-state index in [4.69, 9.17) is 5.14 Å². The molecule has 0 unspecified atom stereocenters. The van der Waals surface area contributed by atoms with E-state index in [1.807, 2.05) is 0 Å². The molecule has 0 saturated heterocycles. The lowest BCUT2D eigenvalue weighted by atomic mass is 10.3. The summed E-state index contributed by atoms with van der Waals surface area (Å²) < 4.78 is 28.4. The van der Waals surface area contributed by atoms with Crippen molar-refractivity contribution in [3.63, 3.8) is 0 Å². The van der Waals surface area contributed by atoms with Gasteiger partial charge in [0.05, 0.1) is 5.56 Å². The maximum atomic E-state index is 11.9. The van der Waals surface area contributed by atoms with Gasteiger partial charge in [-0.1, -0.05) is 0 Å². The minimum atomic E-state index is -4.02. The first kappa shape index (κ1) is 14.0. The number of aryl methyl sites for hydroxylation is 1. The lowest BCUT2D eigenvalue weighted by Crippen LogP contribution is -2.18. The smallest absolute Gasteiger partial charge is 0.335 e. The molecule has 106 valence electrons. The fourth-order valence-electron chi connectivity index (χ4n) is 1.43. The molecule has 0 atom stereocenters. The molecule has 3 N–H and O–H groups in total. The Hall–Kier alpha value is -2.46. The lowest BCUT2D eigenvalue weighted by molar-refractivity contribution is 0.102. The average Bonchev–Trinajstić information content (AvgIpc) is 2.71. The molecule has 0 aliphatic rings. The number of carbonyl (C=O) groups excluding carboxylic acids is 1. The predicted octanol–water partition coefficient (Wildman–Crippen LogP) is -0.727. The van der Waals surface area contributed by atoms with E-state index in [-0.39, 0.29) is 16.3 Å². The SMILES string of the molecule is Cn1cc(S(N)(=O)=O)c(NC(=O)c2ccc(=O)oc2)n1. The minimum Gasteiger partial charge on any atom is -0.430 e. The highest BCUT2D eigenvalue weighted by molar-refractivity contribution is 7.89. The van der Waals surface area contributed by atoms with Crippen molar-refractivity contribution >= 4 is 21.7 Å². The third kappa shape index (κ3) is 2.92. The zero-order valence-electron chi connectivity index (χ0n) is 10.2. The third-order valence-electron chi connectivity index (χ3n) is 2.30. The molecule has 0 spiro atoms. The van der Waals surface area contributed by atoms with Crippen molar-refractivity contribution in [2.75, 3.05) is 5.32 Å². The first-order chi connectivity index (χ1) is 9.27. The number of amides is 1. The Balaban J connectivity index is 2.33. The molecule has 0 saturated carbocycles. The Kier molecular flexibility index (Phi) is 3.42. The van der Waals surface area contributed by atoms with Gasteiger partial charge in [0.1, 0.15) is 11.2 Å². The molecule has 0 bridgehead atoms. The van der Waals surface area contributed by atoms with Crippen molar-refractivity contribution in [2.24, 2.45) is 12.2 Å². The average molecular weight is 298 g/mol. The molecule has 9 nitrogen and oxygen atoms in total. The topological polar surface area (TPSA) is 137 Å². The van der Waals surface area contributed by atoms with Gasteiger partial charge < -0.3 is 9.73 Å². The summed E-state index contributed by atoms with van der Waals surface area (Å²) in [6.45, 7) is 0. The number of aromatic nitrogens is 2. The van der Waals surface area contributed by atoms with Crippen LogP contribution >= 0.6 is 0 Å². The molecule has 2 heterocycles. The van der Waals surface area contributed by atoms with Crippen LogP contribution < -0.4 is 16.1 Å². The standard InChI is InChI=1S/C10H10N4O5S/c1-14-4-7(20(11,17)18)9(13-14)12-10(16)6-2-3-8(15)19-5-6/h2-5H,1H3,(H2,11,17,18)(H,12,13,16). The van der Waals surface area contributed by atoms with Gasteiger partial charge in [0.25, 0.3) is 5.91 Å². The molecule has 0 aliphatic heterocycles. The van der Waals surface area contributed by atoms with Crippen molar-refractivity contribution in [1.29, 1.82) is 0 Å². The zero-order valence-corrected chi connectivity index (χ0v) is 11.0. The highest BCUT2D eigenvalue weighted by Crippen LogP contribution is 2.17. The summed E-state index contributed by atoms with van der Waals surface area (Å²) >= 11 is 0. The Morgan fingerprint density at radius 1 is 1.45 bits per heavy atom. The summed E-state index contributed by atoms with van der Waals surface area (Å²) in [5.74, 6) is -0.886. The molecule has 10 heteroatoms. The molecule has 0 aromatic carbocycles. The maximum absolute atomic E-state index is 11.9. The van der Waals surface area contributed by atoms with Crippen LogP contribution in [0.5, 0.6) is 0 Å². The van der Waals surface area contributed by atoms with Gasteiger partial charge in [-0.05, 0) is 6.07 Å². The summed E-state index contributed by atoms with van der Waals surface area (Å²) in [7, 11) is -2.54. The van der Waals surface area contributed by atoms with E-state index in [1.54, 1.807) is 0 Å². The molecular weight excluding hydrogens is 288 g/mol. The van der Waals surface area contributed by atoms with Crippen LogP contribution in [-0.4, -0.2) is 24.1 Å². The van der Waals surface area contributed by atoms with Crippen LogP contribution in [0.15, 0.2) is 38.7 Å². The molecular formula is C10H10N4O5S. The number of rotatable bonds is 3. The van der Waals surface area contributed by atoms with Crippen LogP contribution in [0, 0.1) is 0 Å². The monoisotopic (exact) mass is 298 g/mol. The quantitative estimate of drug-likeness (QED) is 0.766. The van der Waals surface area contributed by atoms with E-state index < -0.39 is 21.6 Å². The highest BCUT2D eigenvalue weighted by atomic mass is 32.2. The molecule has 0 radical (unpaired) electrons. The summed E-state index contributed by atoms with van der Waals surface area (Å²) in [6, 6.07) is 2.30. The van der Waals surface area contributed by atoms with Crippen molar-refractivity contribution < 1.29 is 17.6 Å². The van der Waals surface area contributed by atoms with E-state index in [9.17, 15) is 18.0 Å². The number of anilines is 1. The number of primary sulfonamides is 1. The van der Waals surface area contributed by atoms with Crippen molar-refractivity contribution in [3.05, 3.63) is 40.6 Å². The van der Waals surface area contributed by atoms with Gasteiger partial charge in [0.2, 0.25) is 10.0 Å². The van der Waals surface area contributed by atoms with E-state index in [1.165, 1.54) is 17.8 Å². The van der Waals surface area contributed by atoms with Crippen molar-refractivity contribution in [2.45, 2.75) is 4.90 Å². The molecule has 2 aromatic rings. The van der Waals surface area contributed by atoms with E-state index in [2.05, 4.69) is 14.8 Å².